The number of aromatic amines is 1. The molecule has 0 aliphatic carbocycles. The van der Waals surface area contributed by atoms with Gasteiger partial charge in [-0.05, 0) is 30.0 Å². The van der Waals surface area contributed by atoms with Gasteiger partial charge in [0.05, 0.1) is 6.42 Å². The molecule has 0 radical (unpaired) electrons. The van der Waals surface area contributed by atoms with Gasteiger partial charge in [-0.25, -0.2) is 9.37 Å². The van der Waals surface area contributed by atoms with Crippen molar-refractivity contribution in [3.8, 4) is 5.75 Å². The molecule has 3 aromatic rings. The van der Waals surface area contributed by atoms with Crippen LogP contribution in [-0.4, -0.2) is 32.0 Å². The zero-order valence-corrected chi connectivity index (χ0v) is 15.5. The van der Waals surface area contributed by atoms with Crippen molar-refractivity contribution >= 4 is 11.2 Å². The normalized spacial score (nSPS) is 14.9. The Bertz CT molecular complexity index is 1100. The second-order valence-corrected chi connectivity index (χ2v) is 7.56. The fraction of sp³-hybridized carbons (Fsp3) is 0.368. The number of fused-ring (bicyclic) bond motifs is 1. The predicted molar refractivity (Wildman–Crippen MR) is 95.0 cm³/mol. The maximum atomic E-state index is 13.8. The maximum absolute atomic E-state index is 13.8. The van der Waals surface area contributed by atoms with E-state index in [0.717, 1.165) is 24.3 Å². The standard InChI is InChI=1S/C19H18F4N2O4/c1-17(2,11-7-10(20)3-4-12(11)26)9-18(28,19(21,22)23)8-14-25-15-13(27)5-6-24-16(15)29-14/h3-7,26,28H,8-9H2,1-2H3,(H,24,27). The molecular formula is C19H18F4N2O4. The summed E-state index contributed by atoms with van der Waals surface area (Å²) >= 11 is 0. The van der Waals surface area contributed by atoms with Crippen molar-refractivity contribution in [1.82, 2.24) is 9.97 Å². The van der Waals surface area contributed by atoms with Crippen LogP contribution >= 0.6 is 0 Å². The first-order valence-electron chi connectivity index (χ1n) is 8.58. The van der Waals surface area contributed by atoms with Gasteiger partial charge in [-0.2, -0.15) is 13.2 Å². The molecule has 0 saturated heterocycles. The lowest BCUT2D eigenvalue weighted by Crippen LogP contribution is -2.50. The van der Waals surface area contributed by atoms with Crippen LogP contribution in [-0.2, 0) is 11.8 Å². The summed E-state index contributed by atoms with van der Waals surface area (Å²) < 4.78 is 60.2. The van der Waals surface area contributed by atoms with Gasteiger partial charge in [0.2, 0.25) is 17.0 Å². The number of hydrogen-bond donors (Lipinski definition) is 3. The van der Waals surface area contributed by atoms with Crippen molar-refractivity contribution in [2.75, 3.05) is 0 Å². The van der Waals surface area contributed by atoms with E-state index in [2.05, 4.69) is 9.97 Å². The minimum atomic E-state index is -5.10. The van der Waals surface area contributed by atoms with Crippen molar-refractivity contribution in [3.05, 3.63) is 58.0 Å². The van der Waals surface area contributed by atoms with E-state index in [1.165, 1.54) is 20.0 Å². The van der Waals surface area contributed by atoms with Crippen LogP contribution in [0.25, 0.3) is 11.2 Å². The molecular weight excluding hydrogens is 396 g/mol. The second-order valence-electron chi connectivity index (χ2n) is 7.56. The van der Waals surface area contributed by atoms with Crippen LogP contribution < -0.4 is 5.43 Å². The molecule has 0 bridgehead atoms. The summed E-state index contributed by atoms with van der Waals surface area (Å²) in [5.74, 6) is -1.62. The van der Waals surface area contributed by atoms with Crippen molar-refractivity contribution in [2.24, 2.45) is 0 Å². The summed E-state index contributed by atoms with van der Waals surface area (Å²) in [5.41, 5.74) is -5.73. The third-order valence-corrected chi connectivity index (χ3v) is 4.75. The first kappa shape index (κ1) is 20.8. The van der Waals surface area contributed by atoms with Gasteiger partial charge in [0.1, 0.15) is 11.6 Å². The third kappa shape index (κ3) is 3.98. The molecule has 0 fully saturated rings. The Morgan fingerprint density at radius 3 is 2.52 bits per heavy atom. The van der Waals surface area contributed by atoms with E-state index in [4.69, 9.17) is 4.42 Å². The van der Waals surface area contributed by atoms with Crippen LogP contribution in [0.5, 0.6) is 5.75 Å². The Kier molecular flexibility index (Phi) is 4.94. The SMILES string of the molecule is CC(C)(CC(O)(Cc1nc2c(=O)cc[nH]c2o1)C(F)(F)F)c1cc(F)ccc1O. The van der Waals surface area contributed by atoms with Crippen molar-refractivity contribution in [3.63, 3.8) is 0 Å². The van der Waals surface area contributed by atoms with Crippen molar-refractivity contribution in [2.45, 2.75) is 43.9 Å². The number of alkyl halides is 3. The number of H-pyrrole nitrogens is 1. The number of benzene rings is 1. The van der Waals surface area contributed by atoms with Crippen LogP contribution in [0.15, 0.2) is 39.7 Å². The molecule has 0 saturated carbocycles. The summed E-state index contributed by atoms with van der Waals surface area (Å²) in [7, 11) is 0. The summed E-state index contributed by atoms with van der Waals surface area (Å²) in [4.78, 5) is 18.1. The highest BCUT2D eigenvalue weighted by atomic mass is 19.4. The van der Waals surface area contributed by atoms with Gasteiger partial charge < -0.3 is 19.6 Å². The summed E-state index contributed by atoms with van der Waals surface area (Å²) in [6, 6.07) is 4.07. The lowest BCUT2D eigenvalue weighted by molar-refractivity contribution is -0.267. The molecule has 1 aromatic carbocycles. The summed E-state index contributed by atoms with van der Waals surface area (Å²) in [6.07, 6.45) is -5.84. The lowest BCUT2D eigenvalue weighted by atomic mass is 9.73. The zero-order valence-electron chi connectivity index (χ0n) is 15.5. The molecule has 10 heteroatoms. The monoisotopic (exact) mass is 414 g/mol. The average molecular weight is 414 g/mol. The van der Waals surface area contributed by atoms with E-state index >= 15 is 0 Å². The largest absolute Gasteiger partial charge is 0.508 e. The number of rotatable bonds is 5. The van der Waals surface area contributed by atoms with E-state index < -0.39 is 52.9 Å². The number of aliphatic hydroxyl groups is 1. The first-order valence-corrected chi connectivity index (χ1v) is 8.58. The van der Waals surface area contributed by atoms with E-state index in [9.17, 15) is 32.6 Å². The number of nitrogens with zero attached hydrogens (tertiary/aromatic N) is 1. The molecule has 0 aliphatic rings. The fourth-order valence-electron chi connectivity index (χ4n) is 3.37. The molecule has 2 aromatic heterocycles. The summed E-state index contributed by atoms with van der Waals surface area (Å²) in [5, 5.41) is 20.6. The minimum Gasteiger partial charge on any atom is -0.508 e. The number of hydrogen-bond acceptors (Lipinski definition) is 5. The van der Waals surface area contributed by atoms with Gasteiger partial charge in [0.15, 0.2) is 11.1 Å². The second kappa shape index (κ2) is 6.87. The Hall–Kier alpha value is -2.88. The minimum absolute atomic E-state index is 0.0899. The molecule has 3 rings (SSSR count). The van der Waals surface area contributed by atoms with E-state index in [-0.39, 0.29) is 16.8 Å². The maximum Gasteiger partial charge on any atom is 0.417 e. The average Bonchev–Trinajstić information content (AvgIpc) is 2.99. The molecule has 0 amide bonds. The molecule has 0 aliphatic heterocycles. The Morgan fingerprint density at radius 1 is 1.21 bits per heavy atom. The van der Waals surface area contributed by atoms with Crippen LogP contribution in [0.4, 0.5) is 17.6 Å². The number of nitrogens with one attached hydrogen (secondary N) is 1. The molecule has 156 valence electrons. The quantitative estimate of drug-likeness (QED) is 0.555. The van der Waals surface area contributed by atoms with Crippen LogP contribution in [0, 0.1) is 5.82 Å². The number of halogens is 4. The zero-order chi connectivity index (χ0) is 21.6. The van der Waals surface area contributed by atoms with Gasteiger partial charge >= 0.3 is 6.18 Å². The predicted octanol–water partition coefficient (Wildman–Crippen LogP) is 3.56. The topological polar surface area (TPSA) is 99.4 Å². The fourth-order valence-corrected chi connectivity index (χ4v) is 3.37. The smallest absolute Gasteiger partial charge is 0.417 e. The number of aromatic hydroxyl groups is 1. The third-order valence-electron chi connectivity index (χ3n) is 4.75. The number of aromatic nitrogens is 2. The Labute approximate surface area is 161 Å². The number of phenols is 1. The molecule has 2 heterocycles. The molecule has 29 heavy (non-hydrogen) atoms. The molecule has 1 unspecified atom stereocenters. The van der Waals surface area contributed by atoms with Gasteiger partial charge in [0, 0.05) is 17.8 Å². The van der Waals surface area contributed by atoms with Gasteiger partial charge in [-0.15, -0.1) is 0 Å². The summed E-state index contributed by atoms with van der Waals surface area (Å²) in [6.45, 7) is 2.68. The highest BCUT2D eigenvalue weighted by Gasteiger charge is 2.57. The van der Waals surface area contributed by atoms with Crippen LogP contribution in [0.2, 0.25) is 0 Å². The van der Waals surface area contributed by atoms with Gasteiger partial charge in [-0.3, -0.25) is 4.79 Å². The van der Waals surface area contributed by atoms with E-state index in [1.54, 1.807) is 0 Å². The van der Waals surface area contributed by atoms with Crippen LogP contribution in [0.3, 0.4) is 0 Å². The number of phenolic OH excluding ortho intramolecular Hbond substituents is 1. The highest BCUT2D eigenvalue weighted by Crippen LogP contribution is 2.44. The Morgan fingerprint density at radius 2 is 1.90 bits per heavy atom. The van der Waals surface area contributed by atoms with E-state index in [0.29, 0.717) is 0 Å². The van der Waals surface area contributed by atoms with Gasteiger partial charge in [0.25, 0.3) is 0 Å². The number of oxazole rings is 1. The molecule has 3 N–H and O–H groups in total. The lowest BCUT2D eigenvalue weighted by Gasteiger charge is -2.37. The van der Waals surface area contributed by atoms with E-state index in [1.807, 2.05) is 0 Å². The first-order chi connectivity index (χ1) is 13.3. The number of pyridine rings is 1. The van der Waals surface area contributed by atoms with Gasteiger partial charge in [-0.1, -0.05) is 13.8 Å². The highest BCUT2D eigenvalue weighted by molar-refractivity contribution is 5.67. The molecule has 6 nitrogen and oxygen atoms in total. The van der Waals surface area contributed by atoms with Crippen LogP contribution in [0.1, 0.15) is 31.7 Å². The van der Waals surface area contributed by atoms with Crippen molar-refractivity contribution < 1.29 is 32.2 Å². The molecule has 1 atom stereocenters. The Balaban J connectivity index is 2.01. The van der Waals surface area contributed by atoms with Crippen molar-refractivity contribution in [1.29, 1.82) is 0 Å². The molecule has 0 spiro atoms.